The molecule has 1 N–H and O–H groups in total. The summed E-state index contributed by atoms with van der Waals surface area (Å²) in [6, 6.07) is 19.6. The summed E-state index contributed by atoms with van der Waals surface area (Å²) < 4.78 is 18.4. The van der Waals surface area contributed by atoms with E-state index in [-0.39, 0.29) is 23.1 Å². The van der Waals surface area contributed by atoms with Gasteiger partial charge in [-0.05, 0) is 29.3 Å². The summed E-state index contributed by atoms with van der Waals surface area (Å²) in [5.74, 6) is -0.0776. The summed E-state index contributed by atoms with van der Waals surface area (Å²) in [6.45, 7) is 10.7. The Hall–Kier alpha value is -3.25. The maximum atomic E-state index is 12.4. The SMILES string of the molecule is CC(C)(C)[Si](C)(C)Oc1c2c(C(=O)O)c(c(-c3ccccc3)c1-c1ccccc1)OCO2. The number of rotatable bonds is 5. The smallest absolute Gasteiger partial charge is 0.343 e. The second-order valence-corrected chi connectivity index (χ2v) is 14.1. The van der Waals surface area contributed by atoms with Crippen molar-refractivity contribution in [1.29, 1.82) is 0 Å². The molecule has 0 aromatic heterocycles. The van der Waals surface area contributed by atoms with Gasteiger partial charge in [0.15, 0.2) is 17.2 Å². The lowest BCUT2D eigenvalue weighted by molar-refractivity contribution is 0.0624. The molecular weight excluding hydrogens is 420 g/mol. The molecular formula is C26H28O5Si. The van der Waals surface area contributed by atoms with Crippen LogP contribution in [-0.2, 0) is 0 Å². The molecule has 0 spiro atoms. The van der Waals surface area contributed by atoms with Crippen LogP contribution in [0.3, 0.4) is 0 Å². The van der Waals surface area contributed by atoms with Gasteiger partial charge < -0.3 is 19.0 Å². The summed E-state index contributed by atoms with van der Waals surface area (Å²) in [5, 5.41) is 10.0. The van der Waals surface area contributed by atoms with Crippen LogP contribution in [0.1, 0.15) is 31.1 Å². The molecule has 0 aliphatic carbocycles. The van der Waals surface area contributed by atoms with Gasteiger partial charge in [-0.25, -0.2) is 4.79 Å². The molecule has 0 saturated heterocycles. The fraction of sp³-hybridized carbons (Fsp3) is 0.269. The van der Waals surface area contributed by atoms with Crippen LogP contribution < -0.4 is 13.9 Å². The fourth-order valence-electron chi connectivity index (χ4n) is 3.57. The maximum absolute atomic E-state index is 12.4. The first-order chi connectivity index (χ1) is 15.1. The first kappa shape index (κ1) is 22.0. The van der Waals surface area contributed by atoms with Crippen LogP contribution in [0.25, 0.3) is 22.3 Å². The van der Waals surface area contributed by atoms with Crippen LogP contribution >= 0.6 is 0 Å². The highest BCUT2D eigenvalue weighted by Crippen LogP contribution is 2.56. The lowest BCUT2D eigenvalue weighted by atomic mass is 9.89. The van der Waals surface area contributed by atoms with Gasteiger partial charge in [0.1, 0.15) is 5.56 Å². The number of benzene rings is 3. The number of ether oxygens (including phenoxy) is 2. The van der Waals surface area contributed by atoms with Gasteiger partial charge in [-0.3, -0.25) is 0 Å². The summed E-state index contributed by atoms with van der Waals surface area (Å²) in [6.07, 6.45) is 0. The molecule has 3 aromatic rings. The second-order valence-electron chi connectivity index (χ2n) is 9.42. The number of hydrogen-bond donors (Lipinski definition) is 1. The van der Waals surface area contributed by atoms with E-state index in [1.54, 1.807) is 0 Å². The highest BCUT2D eigenvalue weighted by Gasteiger charge is 2.43. The molecule has 6 heteroatoms. The Balaban J connectivity index is 2.15. The van der Waals surface area contributed by atoms with Crippen molar-refractivity contribution in [1.82, 2.24) is 0 Å². The molecule has 2 bridgehead atoms. The first-order valence-electron chi connectivity index (χ1n) is 10.6. The molecule has 0 saturated carbocycles. The summed E-state index contributed by atoms with van der Waals surface area (Å²) in [4.78, 5) is 12.4. The maximum Gasteiger partial charge on any atom is 0.343 e. The van der Waals surface area contributed by atoms with E-state index in [1.807, 2.05) is 60.7 Å². The molecule has 5 nitrogen and oxygen atoms in total. The topological polar surface area (TPSA) is 65.0 Å². The number of fused-ring (bicyclic) bond motifs is 2. The van der Waals surface area contributed by atoms with Crippen LogP contribution in [0.15, 0.2) is 60.7 Å². The van der Waals surface area contributed by atoms with E-state index < -0.39 is 14.3 Å². The Kier molecular flexibility index (Phi) is 5.50. The van der Waals surface area contributed by atoms with E-state index in [0.29, 0.717) is 17.1 Å². The number of carbonyl (C=O) groups is 1. The van der Waals surface area contributed by atoms with E-state index >= 15 is 0 Å². The molecule has 32 heavy (non-hydrogen) atoms. The molecule has 0 atom stereocenters. The number of carboxylic acid groups (broad SMARTS) is 1. The summed E-state index contributed by atoms with van der Waals surface area (Å²) in [7, 11) is -2.35. The van der Waals surface area contributed by atoms with Crippen molar-refractivity contribution in [3.8, 4) is 39.5 Å². The summed E-state index contributed by atoms with van der Waals surface area (Å²) >= 11 is 0. The van der Waals surface area contributed by atoms with Gasteiger partial charge in [0.05, 0.1) is 0 Å². The Bertz CT molecular complexity index is 1150. The minimum absolute atomic E-state index is 0.00323. The second kappa shape index (κ2) is 8.02. The largest absolute Gasteiger partial charge is 0.541 e. The fourth-order valence-corrected chi connectivity index (χ4v) is 4.58. The van der Waals surface area contributed by atoms with Gasteiger partial charge >= 0.3 is 5.97 Å². The van der Waals surface area contributed by atoms with Crippen molar-refractivity contribution in [2.45, 2.75) is 38.9 Å². The quantitative estimate of drug-likeness (QED) is 0.433. The van der Waals surface area contributed by atoms with Crippen molar-refractivity contribution in [2.24, 2.45) is 0 Å². The van der Waals surface area contributed by atoms with E-state index in [2.05, 4.69) is 33.9 Å². The molecule has 0 fully saturated rings. The monoisotopic (exact) mass is 448 g/mol. The summed E-state index contributed by atoms with van der Waals surface area (Å²) in [5.41, 5.74) is 3.26. The third kappa shape index (κ3) is 3.75. The average Bonchev–Trinajstić information content (AvgIpc) is 2.75. The molecule has 166 valence electrons. The zero-order valence-electron chi connectivity index (χ0n) is 19.1. The molecule has 1 aliphatic rings. The highest BCUT2D eigenvalue weighted by atomic mass is 28.4. The van der Waals surface area contributed by atoms with Crippen LogP contribution in [0.5, 0.6) is 17.2 Å². The average molecular weight is 449 g/mol. The molecule has 3 aromatic carbocycles. The van der Waals surface area contributed by atoms with Crippen LogP contribution in [0.4, 0.5) is 0 Å². The minimum Gasteiger partial charge on any atom is -0.541 e. The normalized spacial score (nSPS) is 13.2. The van der Waals surface area contributed by atoms with Gasteiger partial charge in [-0.1, -0.05) is 81.4 Å². The Labute approximate surface area is 189 Å². The molecule has 4 rings (SSSR count). The van der Waals surface area contributed by atoms with Crippen LogP contribution in [-0.4, -0.2) is 26.2 Å². The van der Waals surface area contributed by atoms with E-state index in [9.17, 15) is 9.90 Å². The van der Waals surface area contributed by atoms with Crippen LogP contribution in [0.2, 0.25) is 18.1 Å². The lowest BCUT2D eigenvalue weighted by Gasteiger charge is -2.39. The van der Waals surface area contributed by atoms with Gasteiger partial charge in [0.2, 0.25) is 6.79 Å². The zero-order valence-corrected chi connectivity index (χ0v) is 20.1. The Morgan fingerprint density at radius 3 is 1.88 bits per heavy atom. The molecule has 0 unspecified atom stereocenters. The van der Waals surface area contributed by atoms with Crippen molar-refractivity contribution in [2.75, 3.05) is 6.79 Å². The predicted octanol–water partition coefficient (Wildman–Crippen LogP) is 6.83. The Morgan fingerprint density at radius 1 is 0.875 bits per heavy atom. The molecule has 0 amide bonds. The van der Waals surface area contributed by atoms with Gasteiger partial charge in [-0.2, -0.15) is 0 Å². The number of carboxylic acids is 1. The van der Waals surface area contributed by atoms with E-state index in [4.69, 9.17) is 13.9 Å². The van der Waals surface area contributed by atoms with Crippen molar-refractivity contribution in [3.63, 3.8) is 0 Å². The van der Waals surface area contributed by atoms with Crippen LogP contribution in [0, 0.1) is 0 Å². The lowest BCUT2D eigenvalue weighted by Crippen LogP contribution is -2.44. The minimum atomic E-state index is -2.35. The number of aromatic carboxylic acids is 1. The molecule has 1 heterocycles. The van der Waals surface area contributed by atoms with Gasteiger partial charge in [0.25, 0.3) is 8.32 Å². The standard InChI is InChI=1S/C26H28O5Si/c1-26(2,3)32(4,5)31-24-20(18-14-10-7-11-15-18)19(17-12-8-6-9-13-17)22-21(25(27)28)23(24)30-16-29-22/h6-15H,16H2,1-5H3,(H,27,28). The van der Waals surface area contributed by atoms with E-state index in [0.717, 1.165) is 16.7 Å². The highest BCUT2D eigenvalue weighted by molar-refractivity contribution is 6.74. The van der Waals surface area contributed by atoms with Crippen molar-refractivity contribution < 1.29 is 23.8 Å². The Morgan fingerprint density at radius 2 is 1.38 bits per heavy atom. The predicted molar refractivity (Wildman–Crippen MR) is 128 cm³/mol. The molecule has 0 radical (unpaired) electrons. The molecule has 1 aliphatic heterocycles. The number of hydrogen-bond acceptors (Lipinski definition) is 4. The first-order valence-corrected chi connectivity index (χ1v) is 13.6. The van der Waals surface area contributed by atoms with Crippen molar-refractivity contribution >= 4 is 14.3 Å². The third-order valence-corrected chi connectivity index (χ3v) is 10.6. The third-order valence-electron chi connectivity index (χ3n) is 6.27. The van der Waals surface area contributed by atoms with E-state index in [1.165, 1.54) is 0 Å². The van der Waals surface area contributed by atoms with Gasteiger partial charge in [0, 0.05) is 11.1 Å². The zero-order chi connectivity index (χ0) is 23.1. The van der Waals surface area contributed by atoms with Crippen molar-refractivity contribution in [3.05, 3.63) is 66.2 Å². The van der Waals surface area contributed by atoms with Gasteiger partial charge in [-0.15, -0.1) is 0 Å².